The van der Waals surface area contributed by atoms with Crippen LogP contribution in [0, 0.1) is 0 Å². The van der Waals surface area contributed by atoms with Gasteiger partial charge in [-0.05, 0) is 6.08 Å². The molecule has 8 heteroatoms. The number of carbonyl (C=O) groups is 1. The van der Waals surface area contributed by atoms with Gasteiger partial charge in [0.15, 0.2) is 11.5 Å². The van der Waals surface area contributed by atoms with Crippen LogP contribution in [0.3, 0.4) is 0 Å². The molecule has 8 nitrogen and oxygen atoms in total. The van der Waals surface area contributed by atoms with Crippen LogP contribution in [-0.4, -0.2) is 43.7 Å². The van der Waals surface area contributed by atoms with E-state index in [1.807, 2.05) is 0 Å². The Kier molecular flexibility index (Phi) is 4.23. The number of aromatic hydroxyl groups is 3. The Morgan fingerprint density at radius 2 is 1.81 bits per heavy atom. The van der Waals surface area contributed by atoms with Crippen molar-refractivity contribution in [3.05, 3.63) is 53.6 Å². The van der Waals surface area contributed by atoms with Crippen LogP contribution in [0.1, 0.15) is 17.5 Å². The van der Waals surface area contributed by atoms with Crippen LogP contribution in [0.5, 0.6) is 23.0 Å². The highest BCUT2D eigenvalue weighted by Crippen LogP contribution is 2.52. The van der Waals surface area contributed by atoms with Gasteiger partial charge in [0.05, 0.1) is 12.0 Å². The van der Waals surface area contributed by atoms with Crippen molar-refractivity contribution in [2.75, 3.05) is 7.05 Å². The average Bonchev–Trinajstić information content (AvgIpc) is 2.59. The summed E-state index contributed by atoms with van der Waals surface area (Å²) < 4.78 is 5.65. The summed E-state index contributed by atoms with van der Waals surface area (Å²) in [6.45, 7) is 0. The standard InChI is InChI=1S/C18H17NO7/c1-19(25)14(21)9-18(24)8-13(10-5-3-2-4-6-10)26-12-7-11(20)16(22)17(23)15(12)18/h2-8,20,22-25H,9H2,1H3. The number of hydrogen-bond acceptors (Lipinski definition) is 7. The van der Waals surface area contributed by atoms with E-state index in [1.165, 1.54) is 6.08 Å². The van der Waals surface area contributed by atoms with Crippen molar-refractivity contribution in [3.63, 3.8) is 0 Å². The molecule has 2 aromatic rings. The van der Waals surface area contributed by atoms with E-state index in [2.05, 4.69) is 0 Å². The van der Waals surface area contributed by atoms with Crippen LogP contribution in [0.15, 0.2) is 42.5 Å². The highest BCUT2D eigenvalue weighted by Gasteiger charge is 2.42. The fourth-order valence-electron chi connectivity index (χ4n) is 2.79. The lowest BCUT2D eigenvalue weighted by atomic mass is 9.85. The molecule has 1 heterocycles. The van der Waals surface area contributed by atoms with Gasteiger partial charge >= 0.3 is 0 Å². The Labute approximate surface area is 148 Å². The predicted octanol–water partition coefficient (Wildman–Crippen LogP) is 1.66. The SMILES string of the molecule is CN(O)C(=O)CC1(O)C=C(c2ccccc2)Oc2cc(O)c(O)c(O)c21. The molecule has 136 valence electrons. The Morgan fingerprint density at radius 3 is 2.42 bits per heavy atom. The predicted molar refractivity (Wildman–Crippen MR) is 89.6 cm³/mol. The number of phenolic OH excluding ortho intramolecular Hbond substituents is 3. The number of rotatable bonds is 3. The summed E-state index contributed by atoms with van der Waals surface area (Å²) in [4.78, 5) is 12.0. The Bertz CT molecular complexity index is 892. The summed E-state index contributed by atoms with van der Waals surface area (Å²) in [7, 11) is 1.10. The molecule has 1 unspecified atom stereocenters. The number of fused-ring (bicyclic) bond motifs is 1. The summed E-state index contributed by atoms with van der Waals surface area (Å²) in [5.74, 6) is -3.11. The minimum atomic E-state index is -2.10. The van der Waals surface area contributed by atoms with Crippen LogP contribution in [0.4, 0.5) is 0 Å². The maximum atomic E-state index is 12.0. The molecule has 1 aliphatic rings. The van der Waals surface area contributed by atoms with E-state index >= 15 is 0 Å². The maximum absolute atomic E-state index is 12.0. The first kappa shape index (κ1) is 17.6. The van der Waals surface area contributed by atoms with Gasteiger partial charge in [0.25, 0.3) is 0 Å². The summed E-state index contributed by atoms with van der Waals surface area (Å²) >= 11 is 0. The lowest BCUT2D eigenvalue weighted by Crippen LogP contribution is -2.35. The van der Waals surface area contributed by atoms with Crippen molar-refractivity contribution in [1.29, 1.82) is 0 Å². The fourth-order valence-corrected chi connectivity index (χ4v) is 2.79. The number of ether oxygens (including phenoxy) is 1. The molecule has 1 aliphatic heterocycles. The van der Waals surface area contributed by atoms with Crippen molar-refractivity contribution in [1.82, 2.24) is 5.06 Å². The van der Waals surface area contributed by atoms with Crippen LogP contribution in [-0.2, 0) is 10.4 Å². The van der Waals surface area contributed by atoms with E-state index in [0.29, 0.717) is 10.6 Å². The highest BCUT2D eigenvalue weighted by molar-refractivity contribution is 5.80. The fraction of sp³-hybridized carbons (Fsp3) is 0.167. The largest absolute Gasteiger partial charge is 0.504 e. The number of benzene rings is 2. The number of aliphatic hydroxyl groups is 1. The van der Waals surface area contributed by atoms with Gasteiger partial charge in [-0.2, -0.15) is 0 Å². The second-order valence-corrected chi connectivity index (χ2v) is 5.96. The molecule has 0 spiro atoms. The van der Waals surface area contributed by atoms with E-state index in [1.54, 1.807) is 30.3 Å². The monoisotopic (exact) mass is 359 g/mol. The second kappa shape index (κ2) is 6.25. The molecule has 5 N–H and O–H groups in total. The van der Waals surface area contributed by atoms with Gasteiger partial charge in [-0.25, -0.2) is 5.06 Å². The molecule has 0 aliphatic carbocycles. The first-order chi connectivity index (χ1) is 12.2. The van der Waals surface area contributed by atoms with Crippen molar-refractivity contribution in [3.8, 4) is 23.0 Å². The molecule has 0 radical (unpaired) electrons. The minimum absolute atomic E-state index is 0.130. The van der Waals surface area contributed by atoms with Gasteiger partial charge in [0, 0.05) is 18.7 Å². The van der Waals surface area contributed by atoms with Gasteiger partial charge in [0.1, 0.15) is 17.1 Å². The Hall–Kier alpha value is -3.23. The molecule has 0 fully saturated rings. The van der Waals surface area contributed by atoms with Crippen LogP contribution < -0.4 is 4.74 Å². The third-order valence-corrected chi connectivity index (χ3v) is 4.08. The zero-order valence-electron chi connectivity index (χ0n) is 13.7. The lowest BCUT2D eigenvalue weighted by Gasteiger charge is -2.33. The summed E-state index contributed by atoms with van der Waals surface area (Å²) in [5.41, 5.74) is -1.81. The van der Waals surface area contributed by atoms with E-state index < -0.39 is 35.2 Å². The molecule has 0 saturated heterocycles. The van der Waals surface area contributed by atoms with Gasteiger partial charge in [0.2, 0.25) is 11.7 Å². The van der Waals surface area contributed by atoms with Crippen LogP contribution in [0.25, 0.3) is 5.76 Å². The number of phenols is 3. The molecule has 0 aromatic heterocycles. The minimum Gasteiger partial charge on any atom is -0.504 e. The van der Waals surface area contributed by atoms with E-state index in [9.17, 15) is 30.4 Å². The number of carbonyl (C=O) groups excluding carboxylic acids is 1. The third-order valence-electron chi connectivity index (χ3n) is 4.08. The van der Waals surface area contributed by atoms with Crippen LogP contribution >= 0.6 is 0 Å². The Morgan fingerprint density at radius 1 is 1.15 bits per heavy atom. The van der Waals surface area contributed by atoms with Crippen LogP contribution in [0.2, 0.25) is 0 Å². The molecule has 0 saturated carbocycles. The lowest BCUT2D eigenvalue weighted by molar-refractivity contribution is -0.163. The summed E-state index contributed by atoms with van der Waals surface area (Å²) in [6, 6.07) is 9.71. The van der Waals surface area contributed by atoms with Gasteiger partial charge in [-0.15, -0.1) is 0 Å². The first-order valence-electron chi connectivity index (χ1n) is 7.65. The summed E-state index contributed by atoms with van der Waals surface area (Å²) in [6.07, 6.45) is 0.576. The van der Waals surface area contributed by atoms with Gasteiger partial charge in [-0.3, -0.25) is 10.0 Å². The number of hydrogen-bond donors (Lipinski definition) is 5. The van der Waals surface area contributed by atoms with Gasteiger partial charge < -0.3 is 25.2 Å². The normalized spacial score (nSPS) is 18.5. The maximum Gasteiger partial charge on any atom is 0.249 e. The third kappa shape index (κ3) is 2.92. The molecule has 0 bridgehead atoms. The number of hydroxylamine groups is 2. The smallest absolute Gasteiger partial charge is 0.249 e. The van der Waals surface area contributed by atoms with Crippen molar-refractivity contribution >= 4 is 11.7 Å². The second-order valence-electron chi connectivity index (χ2n) is 5.96. The summed E-state index contributed by atoms with van der Waals surface area (Å²) in [5, 5.41) is 50.5. The molecular formula is C18H17NO7. The van der Waals surface area contributed by atoms with Crippen molar-refractivity contribution in [2.45, 2.75) is 12.0 Å². The zero-order chi connectivity index (χ0) is 19.1. The molecule has 2 aromatic carbocycles. The van der Waals surface area contributed by atoms with E-state index in [4.69, 9.17) is 4.74 Å². The number of nitrogens with zero attached hydrogens (tertiary/aromatic N) is 1. The number of amides is 1. The molecule has 1 atom stereocenters. The first-order valence-corrected chi connectivity index (χ1v) is 7.65. The molecule has 3 rings (SSSR count). The molecule has 26 heavy (non-hydrogen) atoms. The van der Waals surface area contributed by atoms with Crippen molar-refractivity contribution < 1.29 is 35.2 Å². The van der Waals surface area contributed by atoms with E-state index in [0.717, 1.165) is 13.1 Å². The molecule has 1 amide bonds. The molecular weight excluding hydrogens is 342 g/mol. The van der Waals surface area contributed by atoms with Crippen molar-refractivity contribution in [2.24, 2.45) is 0 Å². The van der Waals surface area contributed by atoms with Gasteiger partial charge in [-0.1, -0.05) is 30.3 Å². The average molecular weight is 359 g/mol. The quantitative estimate of drug-likeness (QED) is 0.320. The zero-order valence-corrected chi connectivity index (χ0v) is 13.7. The topological polar surface area (TPSA) is 131 Å². The highest BCUT2D eigenvalue weighted by atomic mass is 16.5. The van der Waals surface area contributed by atoms with E-state index in [-0.39, 0.29) is 17.1 Å². The Balaban J connectivity index is 2.20.